The van der Waals surface area contributed by atoms with Gasteiger partial charge < -0.3 is 5.73 Å². The van der Waals surface area contributed by atoms with Gasteiger partial charge in [0.2, 0.25) is 0 Å². The molecule has 10 heavy (non-hydrogen) atoms. The first-order chi connectivity index (χ1) is 4.63. The first-order valence-corrected chi connectivity index (χ1v) is 3.45. The van der Waals surface area contributed by atoms with E-state index in [0.717, 1.165) is 6.20 Å². The maximum absolute atomic E-state index is 12.5. The molecule has 0 fully saturated rings. The van der Waals surface area contributed by atoms with E-state index in [1.54, 1.807) is 22.6 Å². The van der Waals surface area contributed by atoms with Crippen LogP contribution < -0.4 is 5.73 Å². The van der Waals surface area contributed by atoms with Gasteiger partial charge in [0.25, 0.3) is 0 Å². The second kappa shape index (κ2) is 2.65. The SMILES string of the molecule is Nc1ncc(F)c(F)c1I. The fraction of sp³-hybridized carbons (Fsp3) is 0. The predicted molar refractivity (Wildman–Crippen MR) is 41.3 cm³/mol. The third kappa shape index (κ3) is 1.18. The molecule has 1 rings (SSSR count). The summed E-state index contributed by atoms with van der Waals surface area (Å²) in [6.07, 6.45) is 0.757. The largest absolute Gasteiger partial charge is 0.383 e. The summed E-state index contributed by atoms with van der Waals surface area (Å²) in [4.78, 5) is 3.39. The van der Waals surface area contributed by atoms with Gasteiger partial charge in [-0.3, -0.25) is 0 Å². The van der Waals surface area contributed by atoms with Gasteiger partial charge in [0.1, 0.15) is 5.82 Å². The summed E-state index contributed by atoms with van der Waals surface area (Å²) < 4.78 is 24.8. The number of nitrogen functional groups attached to an aromatic ring is 1. The number of rotatable bonds is 0. The molecule has 0 aromatic carbocycles. The molecule has 1 aromatic heterocycles. The molecule has 0 aliphatic rings. The Morgan fingerprint density at radius 1 is 1.50 bits per heavy atom. The van der Waals surface area contributed by atoms with Crippen molar-refractivity contribution in [3.8, 4) is 0 Å². The molecule has 0 amide bonds. The highest BCUT2D eigenvalue weighted by Crippen LogP contribution is 2.17. The van der Waals surface area contributed by atoms with Crippen LogP contribution in [0.15, 0.2) is 6.20 Å². The van der Waals surface area contributed by atoms with E-state index in [-0.39, 0.29) is 9.39 Å². The van der Waals surface area contributed by atoms with Crippen LogP contribution in [0.1, 0.15) is 0 Å². The zero-order valence-electron chi connectivity index (χ0n) is 4.74. The van der Waals surface area contributed by atoms with Crippen molar-refractivity contribution in [2.24, 2.45) is 0 Å². The number of hydrogen-bond donors (Lipinski definition) is 1. The molecule has 0 unspecified atom stereocenters. The smallest absolute Gasteiger partial charge is 0.178 e. The zero-order valence-corrected chi connectivity index (χ0v) is 6.89. The molecule has 54 valence electrons. The molecule has 2 N–H and O–H groups in total. The molecular weight excluding hydrogens is 253 g/mol. The van der Waals surface area contributed by atoms with Crippen molar-refractivity contribution in [1.29, 1.82) is 0 Å². The third-order valence-corrected chi connectivity index (χ3v) is 1.97. The van der Waals surface area contributed by atoms with E-state index in [0.29, 0.717) is 0 Å². The van der Waals surface area contributed by atoms with Crippen LogP contribution in [0, 0.1) is 15.2 Å². The fourth-order valence-corrected chi connectivity index (χ4v) is 0.854. The molecule has 0 saturated carbocycles. The van der Waals surface area contributed by atoms with E-state index in [1.807, 2.05) is 0 Å². The van der Waals surface area contributed by atoms with Crippen molar-refractivity contribution < 1.29 is 8.78 Å². The second-order valence-corrected chi connectivity index (χ2v) is 2.70. The summed E-state index contributed by atoms with van der Waals surface area (Å²) in [5.41, 5.74) is 5.16. The average molecular weight is 256 g/mol. The molecule has 0 aliphatic carbocycles. The van der Waals surface area contributed by atoms with Gasteiger partial charge in [-0.15, -0.1) is 0 Å². The normalized spacial score (nSPS) is 9.90. The van der Waals surface area contributed by atoms with Crippen LogP contribution in [-0.4, -0.2) is 4.98 Å². The summed E-state index contributed by atoms with van der Waals surface area (Å²) >= 11 is 1.59. The molecule has 5 heteroatoms. The Bertz CT molecular complexity index is 237. The Kier molecular flexibility index (Phi) is 2.02. The Morgan fingerprint density at radius 3 is 2.60 bits per heavy atom. The van der Waals surface area contributed by atoms with Gasteiger partial charge in [-0.25, -0.2) is 13.8 Å². The second-order valence-electron chi connectivity index (χ2n) is 1.62. The lowest BCUT2D eigenvalue weighted by molar-refractivity contribution is 0.499. The monoisotopic (exact) mass is 256 g/mol. The van der Waals surface area contributed by atoms with Crippen molar-refractivity contribution in [2.45, 2.75) is 0 Å². The van der Waals surface area contributed by atoms with Crippen LogP contribution in [0.2, 0.25) is 0 Å². The lowest BCUT2D eigenvalue weighted by Crippen LogP contribution is -1.99. The van der Waals surface area contributed by atoms with Crippen LogP contribution in [0.3, 0.4) is 0 Å². The molecular formula is C5H3F2IN2. The Balaban J connectivity index is 3.34. The van der Waals surface area contributed by atoms with Crippen LogP contribution in [-0.2, 0) is 0 Å². The van der Waals surface area contributed by atoms with E-state index >= 15 is 0 Å². The minimum absolute atomic E-state index is 0.0134. The minimum Gasteiger partial charge on any atom is -0.383 e. The summed E-state index contributed by atoms with van der Waals surface area (Å²) in [6.45, 7) is 0. The van der Waals surface area contributed by atoms with Crippen molar-refractivity contribution in [1.82, 2.24) is 4.98 Å². The van der Waals surface area contributed by atoms with Gasteiger partial charge >= 0.3 is 0 Å². The number of hydrogen-bond acceptors (Lipinski definition) is 2. The van der Waals surface area contributed by atoms with E-state index in [4.69, 9.17) is 5.73 Å². The van der Waals surface area contributed by atoms with E-state index < -0.39 is 11.6 Å². The standard InChI is InChI=1S/C5H3F2IN2/c6-2-1-10-5(9)4(8)3(2)7/h1H,(H2,9,10). The molecule has 1 aromatic rings. The first-order valence-electron chi connectivity index (χ1n) is 2.38. The third-order valence-electron chi connectivity index (χ3n) is 0.944. The number of nitrogens with two attached hydrogens (primary N) is 1. The van der Waals surface area contributed by atoms with Gasteiger partial charge in [0.05, 0.1) is 9.77 Å². The van der Waals surface area contributed by atoms with Crippen molar-refractivity contribution >= 4 is 28.4 Å². The quantitative estimate of drug-likeness (QED) is 0.715. The van der Waals surface area contributed by atoms with Crippen LogP contribution in [0.4, 0.5) is 14.6 Å². The number of anilines is 1. The maximum Gasteiger partial charge on any atom is 0.178 e. The Morgan fingerprint density at radius 2 is 2.10 bits per heavy atom. The highest BCUT2D eigenvalue weighted by molar-refractivity contribution is 14.1. The Hall–Kier alpha value is -0.460. The lowest BCUT2D eigenvalue weighted by atomic mass is 10.4. The zero-order chi connectivity index (χ0) is 7.72. The molecule has 0 bridgehead atoms. The average Bonchev–Trinajstić information content (AvgIpc) is 1.93. The van der Waals surface area contributed by atoms with Crippen LogP contribution >= 0.6 is 22.6 Å². The summed E-state index contributed by atoms with van der Waals surface area (Å²) in [5, 5.41) is 0. The minimum atomic E-state index is -0.974. The molecule has 0 radical (unpaired) electrons. The summed E-state index contributed by atoms with van der Waals surface area (Å²) in [7, 11) is 0. The summed E-state index contributed by atoms with van der Waals surface area (Å²) in [5.74, 6) is -1.90. The first kappa shape index (κ1) is 7.64. The Labute approximate surface area is 69.6 Å². The van der Waals surface area contributed by atoms with Gasteiger partial charge in [-0.1, -0.05) is 0 Å². The molecule has 0 saturated heterocycles. The molecule has 1 heterocycles. The fourth-order valence-electron chi connectivity index (χ4n) is 0.457. The molecule has 0 aliphatic heterocycles. The maximum atomic E-state index is 12.5. The number of pyridine rings is 1. The van der Waals surface area contributed by atoms with Gasteiger partial charge in [0.15, 0.2) is 11.6 Å². The van der Waals surface area contributed by atoms with E-state index in [1.165, 1.54) is 0 Å². The van der Waals surface area contributed by atoms with Gasteiger partial charge in [0, 0.05) is 0 Å². The highest BCUT2D eigenvalue weighted by Gasteiger charge is 2.08. The van der Waals surface area contributed by atoms with Crippen molar-refractivity contribution in [3.05, 3.63) is 21.4 Å². The number of halogens is 3. The molecule has 0 spiro atoms. The van der Waals surface area contributed by atoms with E-state index in [9.17, 15) is 8.78 Å². The van der Waals surface area contributed by atoms with Crippen molar-refractivity contribution in [2.75, 3.05) is 5.73 Å². The molecule has 2 nitrogen and oxygen atoms in total. The van der Waals surface area contributed by atoms with Gasteiger partial charge in [-0.05, 0) is 22.6 Å². The van der Waals surface area contributed by atoms with Crippen LogP contribution in [0.25, 0.3) is 0 Å². The number of aromatic nitrogens is 1. The highest BCUT2D eigenvalue weighted by atomic mass is 127. The summed E-state index contributed by atoms with van der Waals surface area (Å²) in [6, 6.07) is 0. The van der Waals surface area contributed by atoms with Gasteiger partial charge in [-0.2, -0.15) is 0 Å². The predicted octanol–water partition coefficient (Wildman–Crippen LogP) is 1.55. The van der Waals surface area contributed by atoms with Crippen molar-refractivity contribution in [3.63, 3.8) is 0 Å². The topological polar surface area (TPSA) is 38.9 Å². The lowest BCUT2D eigenvalue weighted by Gasteiger charge is -1.97. The van der Waals surface area contributed by atoms with E-state index in [2.05, 4.69) is 4.98 Å². The molecule has 0 atom stereocenters. The van der Waals surface area contributed by atoms with Crippen LogP contribution in [0.5, 0.6) is 0 Å². The number of nitrogens with zero attached hydrogens (tertiary/aromatic N) is 1.